The highest BCUT2D eigenvalue weighted by atomic mass is 35.5. The minimum atomic E-state index is -0.691. The summed E-state index contributed by atoms with van der Waals surface area (Å²) in [4.78, 5) is 2.23. The molecule has 0 atom stereocenters. The second kappa shape index (κ2) is 3.81. The van der Waals surface area contributed by atoms with Crippen molar-refractivity contribution in [2.75, 3.05) is 20.1 Å². The molecule has 0 unspecified atom stereocenters. The first-order valence-electron chi connectivity index (χ1n) is 4.76. The van der Waals surface area contributed by atoms with Gasteiger partial charge in [0.1, 0.15) is 0 Å². The fraction of sp³-hybridized carbons (Fsp3) is 0.600. The maximum absolute atomic E-state index is 10.4. The highest BCUT2D eigenvalue weighted by Crippen LogP contribution is 2.38. The van der Waals surface area contributed by atoms with Gasteiger partial charge in [-0.3, -0.25) is 0 Å². The van der Waals surface area contributed by atoms with E-state index in [0.717, 1.165) is 35.8 Å². The molecule has 2 rings (SSSR count). The molecule has 0 spiro atoms. The molecule has 1 fully saturated rings. The third-order valence-corrected chi connectivity index (χ3v) is 4.10. The number of likely N-dealkylation sites (tertiary alicyclic amines) is 1. The van der Waals surface area contributed by atoms with E-state index in [1.165, 1.54) is 11.3 Å². The van der Waals surface area contributed by atoms with Gasteiger partial charge in [-0.1, -0.05) is 11.6 Å². The average molecular weight is 232 g/mol. The summed E-state index contributed by atoms with van der Waals surface area (Å²) in [6.45, 7) is 1.87. The first kappa shape index (κ1) is 10.4. The number of rotatable bonds is 1. The van der Waals surface area contributed by atoms with Crippen molar-refractivity contribution in [3.8, 4) is 0 Å². The Morgan fingerprint density at radius 1 is 1.50 bits per heavy atom. The number of aliphatic hydroxyl groups is 1. The van der Waals surface area contributed by atoms with Crippen molar-refractivity contribution in [2.24, 2.45) is 0 Å². The topological polar surface area (TPSA) is 23.5 Å². The summed E-state index contributed by atoms with van der Waals surface area (Å²) in [5.74, 6) is 0. The van der Waals surface area contributed by atoms with Crippen molar-refractivity contribution < 1.29 is 5.11 Å². The van der Waals surface area contributed by atoms with Crippen LogP contribution in [0.15, 0.2) is 11.4 Å². The molecular weight excluding hydrogens is 218 g/mol. The predicted octanol–water partition coefficient (Wildman–Crippen LogP) is 2.31. The maximum atomic E-state index is 10.4. The Morgan fingerprint density at radius 3 is 2.64 bits per heavy atom. The minimum Gasteiger partial charge on any atom is -0.385 e. The molecule has 1 N–H and O–H groups in total. The lowest BCUT2D eigenvalue weighted by atomic mass is 9.86. The highest BCUT2D eigenvalue weighted by molar-refractivity contribution is 7.14. The van der Waals surface area contributed by atoms with Crippen LogP contribution in [0.4, 0.5) is 0 Å². The van der Waals surface area contributed by atoms with E-state index in [1.807, 2.05) is 11.4 Å². The van der Waals surface area contributed by atoms with Gasteiger partial charge in [0.05, 0.1) is 9.94 Å². The van der Waals surface area contributed by atoms with Crippen LogP contribution in [0.5, 0.6) is 0 Å². The summed E-state index contributed by atoms with van der Waals surface area (Å²) in [5, 5.41) is 12.4. The molecule has 78 valence electrons. The predicted molar refractivity (Wildman–Crippen MR) is 60.0 cm³/mol. The van der Waals surface area contributed by atoms with Crippen molar-refractivity contribution in [2.45, 2.75) is 18.4 Å². The van der Waals surface area contributed by atoms with Crippen LogP contribution in [-0.2, 0) is 5.60 Å². The second-order valence-electron chi connectivity index (χ2n) is 3.94. The van der Waals surface area contributed by atoms with Gasteiger partial charge in [-0.15, -0.1) is 11.3 Å². The van der Waals surface area contributed by atoms with Crippen molar-refractivity contribution >= 4 is 22.9 Å². The SMILES string of the molecule is CN1CCC(O)(c2ccsc2Cl)CC1. The van der Waals surface area contributed by atoms with E-state index in [9.17, 15) is 5.11 Å². The molecule has 2 heterocycles. The van der Waals surface area contributed by atoms with E-state index in [-0.39, 0.29) is 0 Å². The molecule has 0 aromatic carbocycles. The van der Waals surface area contributed by atoms with E-state index >= 15 is 0 Å². The summed E-state index contributed by atoms with van der Waals surface area (Å²) >= 11 is 7.53. The van der Waals surface area contributed by atoms with Crippen LogP contribution in [0.2, 0.25) is 4.34 Å². The number of hydrogen-bond donors (Lipinski definition) is 1. The molecule has 1 aromatic rings. The molecule has 0 saturated carbocycles. The van der Waals surface area contributed by atoms with Crippen LogP contribution in [0, 0.1) is 0 Å². The quantitative estimate of drug-likeness (QED) is 0.802. The number of nitrogens with zero attached hydrogens (tertiary/aromatic N) is 1. The van der Waals surface area contributed by atoms with Gasteiger partial charge in [0.15, 0.2) is 0 Å². The average Bonchev–Trinajstić information content (AvgIpc) is 2.58. The summed E-state index contributed by atoms with van der Waals surface area (Å²) in [6, 6.07) is 1.94. The van der Waals surface area contributed by atoms with Crippen LogP contribution >= 0.6 is 22.9 Å². The normalized spacial score (nSPS) is 22.5. The van der Waals surface area contributed by atoms with Crippen LogP contribution in [0.3, 0.4) is 0 Å². The fourth-order valence-corrected chi connectivity index (χ4v) is 2.99. The summed E-state index contributed by atoms with van der Waals surface area (Å²) in [5.41, 5.74) is 0.223. The van der Waals surface area contributed by atoms with Gasteiger partial charge < -0.3 is 10.0 Å². The summed E-state index contributed by atoms with van der Waals surface area (Å²) < 4.78 is 0.733. The van der Waals surface area contributed by atoms with Crippen molar-refractivity contribution in [3.63, 3.8) is 0 Å². The summed E-state index contributed by atoms with van der Waals surface area (Å²) in [7, 11) is 2.08. The molecule has 0 aliphatic carbocycles. The Kier molecular flexibility index (Phi) is 2.84. The molecule has 2 nitrogen and oxygen atoms in total. The van der Waals surface area contributed by atoms with Crippen LogP contribution in [-0.4, -0.2) is 30.1 Å². The molecule has 1 aromatic heterocycles. The van der Waals surface area contributed by atoms with Crippen LogP contribution < -0.4 is 0 Å². The largest absolute Gasteiger partial charge is 0.385 e. The van der Waals surface area contributed by atoms with Gasteiger partial charge in [0.2, 0.25) is 0 Å². The van der Waals surface area contributed by atoms with Crippen molar-refractivity contribution in [1.29, 1.82) is 0 Å². The molecule has 0 radical (unpaired) electrons. The Labute approximate surface area is 93.1 Å². The van der Waals surface area contributed by atoms with E-state index < -0.39 is 5.60 Å². The van der Waals surface area contributed by atoms with Gasteiger partial charge in [-0.2, -0.15) is 0 Å². The second-order valence-corrected chi connectivity index (χ2v) is 5.46. The molecule has 0 bridgehead atoms. The van der Waals surface area contributed by atoms with E-state index in [4.69, 9.17) is 11.6 Å². The van der Waals surface area contributed by atoms with Crippen LogP contribution in [0.25, 0.3) is 0 Å². The molecule has 0 amide bonds. The minimum absolute atomic E-state index is 0.691. The number of piperidine rings is 1. The lowest BCUT2D eigenvalue weighted by Gasteiger charge is -2.36. The van der Waals surface area contributed by atoms with Gasteiger partial charge in [0.25, 0.3) is 0 Å². The van der Waals surface area contributed by atoms with E-state index in [1.54, 1.807) is 0 Å². The van der Waals surface area contributed by atoms with Gasteiger partial charge in [-0.05, 0) is 31.3 Å². The first-order valence-corrected chi connectivity index (χ1v) is 6.02. The number of thiophene rings is 1. The fourth-order valence-electron chi connectivity index (χ4n) is 1.89. The lowest BCUT2D eigenvalue weighted by Crippen LogP contribution is -2.40. The smallest absolute Gasteiger partial charge is 0.0989 e. The standard InChI is InChI=1S/C10H14ClNOS/c1-12-5-3-10(13,4-6-12)8-2-7-14-9(8)11/h2,7,13H,3-6H2,1H3. The third kappa shape index (κ3) is 1.82. The first-order chi connectivity index (χ1) is 6.62. The molecule has 14 heavy (non-hydrogen) atoms. The molecule has 1 saturated heterocycles. The highest BCUT2D eigenvalue weighted by Gasteiger charge is 2.34. The Bertz CT molecular complexity index is 318. The van der Waals surface area contributed by atoms with Gasteiger partial charge >= 0.3 is 0 Å². The Morgan fingerprint density at radius 2 is 2.14 bits per heavy atom. The van der Waals surface area contributed by atoms with Gasteiger partial charge in [-0.25, -0.2) is 0 Å². The molecule has 1 aliphatic rings. The molecule has 1 aliphatic heterocycles. The summed E-state index contributed by atoms with van der Waals surface area (Å²) in [6.07, 6.45) is 1.56. The monoisotopic (exact) mass is 231 g/mol. The Balaban J connectivity index is 2.21. The zero-order chi connectivity index (χ0) is 10.2. The number of hydrogen-bond acceptors (Lipinski definition) is 3. The van der Waals surface area contributed by atoms with Crippen LogP contribution in [0.1, 0.15) is 18.4 Å². The zero-order valence-electron chi connectivity index (χ0n) is 8.16. The Hall–Kier alpha value is -0.0900. The maximum Gasteiger partial charge on any atom is 0.0989 e. The van der Waals surface area contributed by atoms with Gasteiger partial charge in [0, 0.05) is 18.7 Å². The van der Waals surface area contributed by atoms with E-state index in [0.29, 0.717) is 0 Å². The lowest BCUT2D eigenvalue weighted by molar-refractivity contribution is -0.0198. The molecule has 4 heteroatoms. The third-order valence-electron chi connectivity index (χ3n) is 2.93. The molecular formula is C10H14ClNOS. The zero-order valence-corrected chi connectivity index (χ0v) is 9.74. The van der Waals surface area contributed by atoms with Crippen molar-refractivity contribution in [3.05, 3.63) is 21.3 Å². The van der Waals surface area contributed by atoms with E-state index in [2.05, 4.69) is 11.9 Å². The van der Waals surface area contributed by atoms with Crippen molar-refractivity contribution in [1.82, 2.24) is 4.90 Å². The number of halogens is 1.